The number of nitrogens with one attached hydrogen (secondary N) is 1. The number of aromatic amines is 1. The van der Waals surface area contributed by atoms with Gasteiger partial charge in [-0.1, -0.05) is 75.4 Å². The summed E-state index contributed by atoms with van der Waals surface area (Å²) in [5.41, 5.74) is -1.28. The molecule has 0 radical (unpaired) electrons. The van der Waals surface area contributed by atoms with E-state index in [1.54, 1.807) is 14.2 Å². The van der Waals surface area contributed by atoms with E-state index in [2.05, 4.69) is 77.3 Å². The summed E-state index contributed by atoms with van der Waals surface area (Å²) in [6, 6.07) is 29.0. The van der Waals surface area contributed by atoms with E-state index >= 15 is 0 Å². The van der Waals surface area contributed by atoms with Crippen molar-refractivity contribution in [3.63, 3.8) is 0 Å². The molecule has 4 aromatic rings. The first-order valence-corrected chi connectivity index (χ1v) is 24.8. The van der Waals surface area contributed by atoms with Crippen LogP contribution >= 0.6 is 8.53 Å². The lowest BCUT2D eigenvalue weighted by atomic mass is 9.79. The van der Waals surface area contributed by atoms with Crippen LogP contribution in [0.25, 0.3) is 0 Å². The molecule has 1 aliphatic heterocycles. The fraction of sp³-hybridized carbons (Fsp3) is 0.500. The van der Waals surface area contributed by atoms with Gasteiger partial charge in [0.25, 0.3) is 14.1 Å². The first-order valence-electron chi connectivity index (χ1n) is 20.7. The third-order valence-electron chi connectivity index (χ3n) is 11.5. The van der Waals surface area contributed by atoms with Gasteiger partial charge in [0.05, 0.1) is 39.9 Å². The minimum Gasteiger partial charge on any atom is -0.497 e. The average molecular weight is 875 g/mol. The molecule has 1 aliphatic rings. The summed E-state index contributed by atoms with van der Waals surface area (Å²) in [5.74, 6) is 1.37. The van der Waals surface area contributed by atoms with Crippen LogP contribution < -0.4 is 20.7 Å². The second-order valence-electron chi connectivity index (χ2n) is 17.5. The lowest BCUT2D eigenvalue weighted by Gasteiger charge is -2.44. The van der Waals surface area contributed by atoms with Gasteiger partial charge in [-0.25, -0.2) is 9.46 Å². The highest BCUT2D eigenvalue weighted by Gasteiger charge is 2.60. The zero-order valence-corrected chi connectivity index (χ0v) is 39.5. The lowest BCUT2D eigenvalue weighted by molar-refractivity contribution is -0.149. The summed E-state index contributed by atoms with van der Waals surface area (Å²) in [6.07, 6.45) is -1.28. The summed E-state index contributed by atoms with van der Waals surface area (Å²) in [5, 5.41) is 9.29. The zero-order chi connectivity index (χ0) is 44.8. The second kappa shape index (κ2) is 19.9. The summed E-state index contributed by atoms with van der Waals surface area (Å²) in [6.45, 7) is 21.0. The Morgan fingerprint density at radius 3 is 1.90 bits per heavy atom. The van der Waals surface area contributed by atoms with Gasteiger partial charge in [0, 0.05) is 24.3 Å². The Kier molecular flexibility index (Phi) is 15.6. The van der Waals surface area contributed by atoms with E-state index in [1.165, 1.54) is 16.8 Å². The highest BCUT2D eigenvalue weighted by molar-refractivity contribution is 7.44. The van der Waals surface area contributed by atoms with Crippen LogP contribution in [0.3, 0.4) is 0 Å². The molecular weight excluding hydrogens is 812 g/mol. The second-order valence-corrected chi connectivity index (χ2v) is 23.7. The standard InChI is InChI=1S/C46H63N4O9PSi/c1-32(2)50(33(3)4)60(56-30-16-28-47)58-41-40(59-61(11,12)44(5,6)7)42(49-29-27-39(51)48-43(49)52)57-45(41,8)31-55-46(34-17-14-13-15-18-34,35-19-23-37(53-9)24-20-35)36-21-25-38(54-10)26-22-36/h13-15,17-27,29,32-33,40-42H,16,30-31H2,1-12H3,(H,48,51,52)/t40-,41+,42-,45-,60?/m1/s1. The van der Waals surface area contributed by atoms with E-state index in [-0.39, 0.29) is 36.8 Å². The SMILES string of the molecule is COc1ccc(C(OC[C@@]2(C)O[C@@H](n3ccc(=O)[nH]c3=O)[C@H](O[Si](C)(C)C(C)(C)C)[C@@H]2OP(OCCC#N)N(C(C)C)C(C)C)(c2ccccc2)c2ccc(OC)cc2)cc1. The fourth-order valence-electron chi connectivity index (χ4n) is 7.39. The minimum absolute atomic E-state index is 0.00808. The van der Waals surface area contributed by atoms with Crippen molar-refractivity contribution in [3.05, 3.63) is 129 Å². The highest BCUT2D eigenvalue weighted by atomic mass is 31.2. The maximum absolute atomic E-state index is 13.7. The number of nitriles is 1. The van der Waals surface area contributed by atoms with Gasteiger partial charge in [-0.3, -0.25) is 14.3 Å². The maximum Gasteiger partial charge on any atom is 0.330 e. The summed E-state index contributed by atoms with van der Waals surface area (Å²) < 4.78 is 50.5. The van der Waals surface area contributed by atoms with E-state index < -0.39 is 57.7 Å². The number of rotatable bonds is 19. The Balaban J connectivity index is 1.77. The molecule has 2 heterocycles. The normalized spacial score (nSPS) is 20.3. The Bertz CT molecular complexity index is 2130. The fourth-order valence-corrected chi connectivity index (χ4v) is 10.5. The molecule has 13 nitrogen and oxygen atoms in total. The predicted octanol–water partition coefficient (Wildman–Crippen LogP) is 8.90. The van der Waals surface area contributed by atoms with Crippen LogP contribution in [0.2, 0.25) is 18.1 Å². The maximum atomic E-state index is 13.7. The third-order valence-corrected chi connectivity index (χ3v) is 18.1. The molecule has 1 aromatic heterocycles. The number of hydrogen-bond acceptors (Lipinski definition) is 11. The largest absolute Gasteiger partial charge is 0.497 e. The molecule has 5 atom stereocenters. The van der Waals surface area contributed by atoms with Gasteiger partial charge < -0.3 is 32.4 Å². The molecule has 0 bridgehead atoms. The molecule has 1 unspecified atom stereocenters. The van der Waals surface area contributed by atoms with Gasteiger partial charge in [0.1, 0.15) is 34.9 Å². The molecule has 61 heavy (non-hydrogen) atoms. The quantitative estimate of drug-likeness (QED) is 0.0417. The molecule has 3 aromatic carbocycles. The number of ether oxygens (including phenoxy) is 4. The van der Waals surface area contributed by atoms with E-state index in [9.17, 15) is 14.9 Å². The molecule has 1 fully saturated rings. The van der Waals surface area contributed by atoms with Crippen LogP contribution in [-0.2, 0) is 28.5 Å². The smallest absolute Gasteiger partial charge is 0.330 e. The van der Waals surface area contributed by atoms with Crippen LogP contribution in [0.5, 0.6) is 11.5 Å². The van der Waals surface area contributed by atoms with Crippen molar-refractivity contribution in [2.45, 2.75) is 122 Å². The summed E-state index contributed by atoms with van der Waals surface area (Å²) in [7, 11) is -1.27. The molecule has 0 aliphatic carbocycles. The van der Waals surface area contributed by atoms with Gasteiger partial charge in [-0.05, 0) is 93.7 Å². The number of nitrogens with zero attached hydrogens (tertiary/aromatic N) is 3. The number of methoxy groups -OCH3 is 2. The number of aromatic nitrogens is 2. The van der Waals surface area contributed by atoms with E-state index in [0.29, 0.717) is 11.5 Å². The molecule has 0 amide bonds. The molecule has 5 rings (SSSR count). The van der Waals surface area contributed by atoms with Gasteiger partial charge in [-0.15, -0.1) is 0 Å². The van der Waals surface area contributed by atoms with Crippen molar-refractivity contribution in [3.8, 4) is 17.6 Å². The van der Waals surface area contributed by atoms with Crippen molar-refractivity contribution in [1.82, 2.24) is 14.2 Å². The Hall–Kier alpha value is -4.16. The van der Waals surface area contributed by atoms with Gasteiger partial charge in [0.15, 0.2) is 14.5 Å². The van der Waals surface area contributed by atoms with Crippen LogP contribution in [-0.4, -0.2) is 79.9 Å². The molecule has 0 saturated carbocycles. The van der Waals surface area contributed by atoms with Crippen LogP contribution in [0, 0.1) is 11.3 Å². The average Bonchev–Trinajstić information content (AvgIpc) is 3.47. The van der Waals surface area contributed by atoms with Crippen molar-refractivity contribution >= 4 is 16.8 Å². The number of H-pyrrole nitrogens is 1. The van der Waals surface area contributed by atoms with E-state index in [4.69, 9.17) is 32.4 Å². The predicted molar refractivity (Wildman–Crippen MR) is 240 cm³/mol. The Morgan fingerprint density at radius 1 is 0.885 bits per heavy atom. The van der Waals surface area contributed by atoms with Gasteiger partial charge in [0.2, 0.25) is 0 Å². The molecule has 0 spiro atoms. The van der Waals surface area contributed by atoms with Crippen molar-refractivity contribution in [2.24, 2.45) is 0 Å². The van der Waals surface area contributed by atoms with Crippen molar-refractivity contribution in [1.29, 1.82) is 5.26 Å². The summed E-state index contributed by atoms with van der Waals surface area (Å²) in [4.78, 5) is 28.6. The van der Waals surface area contributed by atoms with Gasteiger partial charge in [-0.2, -0.15) is 5.26 Å². The van der Waals surface area contributed by atoms with Crippen molar-refractivity contribution < 1.29 is 32.4 Å². The van der Waals surface area contributed by atoms with Crippen molar-refractivity contribution in [2.75, 3.05) is 27.4 Å². The first kappa shape index (κ1) is 47.9. The molecule has 330 valence electrons. The third kappa shape index (κ3) is 10.6. The van der Waals surface area contributed by atoms with E-state index in [1.807, 2.05) is 85.8 Å². The topological polar surface area (TPSA) is 147 Å². The monoisotopic (exact) mass is 874 g/mol. The van der Waals surface area contributed by atoms with Gasteiger partial charge >= 0.3 is 5.69 Å². The first-order chi connectivity index (χ1) is 28.8. The van der Waals surface area contributed by atoms with Crippen LogP contribution in [0.15, 0.2) is 101 Å². The number of hydrogen-bond donors (Lipinski definition) is 1. The number of benzene rings is 3. The lowest BCUT2D eigenvalue weighted by Crippen LogP contribution is -2.53. The zero-order valence-electron chi connectivity index (χ0n) is 37.6. The molecular formula is C46H63N4O9PSi. The Labute approximate surface area is 363 Å². The van der Waals surface area contributed by atoms with Crippen LogP contribution in [0.1, 0.15) is 84.7 Å². The minimum atomic E-state index is -2.67. The Morgan fingerprint density at radius 2 is 1.43 bits per heavy atom. The summed E-state index contributed by atoms with van der Waals surface area (Å²) >= 11 is 0. The highest BCUT2D eigenvalue weighted by Crippen LogP contribution is 2.55. The molecule has 15 heteroatoms. The van der Waals surface area contributed by atoms with Crippen LogP contribution in [0.4, 0.5) is 0 Å². The molecule has 1 N–H and O–H groups in total. The molecule has 1 saturated heterocycles. The van der Waals surface area contributed by atoms with E-state index in [0.717, 1.165) is 16.7 Å².